The number of rotatable bonds is 6. The summed E-state index contributed by atoms with van der Waals surface area (Å²) < 4.78 is 5.22. The third-order valence-corrected chi connectivity index (χ3v) is 4.79. The molecule has 128 valence electrons. The van der Waals surface area contributed by atoms with E-state index in [2.05, 4.69) is 34.9 Å². The number of carbonyl (C=O) groups is 1. The van der Waals surface area contributed by atoms with Crippen LogP contribution in [0, 0.1) is 0 Å². The van der Waals surface area contributed by atoms with E-state index in [1.54, 1.807) is 0 Å². The fourth-order valence-electron chi connectivity index (χ4n) is 2.40. The fraction of sp³-hybridized carbons (Fsp3) is 0.611. The van der Waals surface area contributed by atoms with Crippen LogP contribution in [0.4, 0.5) is 4.79 Å². The van der Waals surface area contributed by atoms with Gasteiger partial charge in [-0.1, -0.05) is 24.3 Å². The zero-order valence-corrected chi connectivity index (χ0v) is 15.2. The minimum absolute atomic E-state index is 0.354. The monoisotopic (exact) mass is 336 g/mol. The zero-order chi connectivity index (χ0) is 16.7. The van der Waals surface area contributed by atoms with E-state index < -0.39 is 5.60 Å². The van der Waals surface area contributed by atoms with Gasteiger partial charge in [-0.15, -0.1) is 0 Å². The molecule has 0 spiro atoms. The number of carbonyl (C=O) groups excluding carboxylic acids is 1. The maximum Gasteiger partial charge on any atom is 0.407 e. The largest absolute Gasteiger partial charge is 0.444 e. The van der Waals surface area contributed by atoms with E-state index in [4.69, 9.17) is 4.74 Å². The highest BCUT2D eigenvalue weighted by molar-refractivity contribution is 7.99. The van der Waals surface area contributed by atoms with Gasteiger partial charge in [0, 0.05) is 24.9 Å². The van der Waals surface area contributed by atoms with Crippen LogP contribution in [-0.4, -0.2) is 35.8 Å². The summed E-state index contributed by atoms with van der Waals surface area (Å²) in [5, 5.41) is 6.39. The normalized spacial score (nSPS) is 18.0. The molecular weight excluding hydrogens is 308 g/mol. The topological polar surface area (TPSA) is 50.4 Å². The third kappa shape index (κ3) is 7.27. The highest BCUT2D eigenvalue weighted by Crippen LogP contribution is 2.17. The fourth-order valence-corrected chi connectivity index (χ4v) is 3.59. The lowest BCUT2D eigenvalue weighted by atomic mass is 10.1. The molecule has 2 rings (SSSR count). The van der Waals surface area contributed by atoms with Gasteiger partial charge >= 0.3 is 6.09 Å². The quantitative estimate of drug-likeness (QED) is 0.836. The van der Waals surface area contributed by atoms with Crippen molar-refractivity contribution in [1.82, 2.24) is 10.6 Å². The lowest BCUT2D eigenvalue weighted by molar-refractivity contribution is 0.0528. The first-order chi connectivity index (χ1) is 10.9. The Hall–Kier alpha value is -1.20. The maximum absolute atomic E-state index is 11.6. The van der Waals surface area contributed by atoms with Gasteiger partial charge in [0.2, 0.25) is 0 Å². The van der Waals surface area contributed by atoms with Crippen LogP contribution in [-0.2, 0) is 17.7 Å². The molecular formula is C18H28N2O2S. The summed E-state index contributed by atoms with van der Waals surface area (Å²) in [4.78, 5) is 11.6. The van der Waals surface area contributed by atoms with Crippen molar-refractivity contribution >= 4 is 17.9 Å². The molecule has 0 radical (unpaired) electrons. The number of thioether (sulfide) groups is 1. The molecule has 5 heteroatoms. The lowest BCUT2D eigenvalue weighted by Gasteiger charge is -2.19. The zero-order valence-electron chi connectivity index (χ0n) is 14.4. The molecule has 2 N–H and O–H groups in total. The van der Waals surface area contributed by atoms with E-state index in [9.17, 15) is 4.79 Å². The maximum atomic E-state index is 11.6. The van der Waals surface area contributed by atoms with E-state index in [0.717, 1.165) is 13.0 Å². The molecule has 0 aliphatic carbocycles. The Kier molecular flexibility index (Phi) is 6.78. The molecule has 1 aliphatic rings. The first kappa shape index (κ1) is 18.1. The van der Waals surface area contributed by atoms with Gasteiger partial charge in [-0.25, -0.2) is 4.79 Å². The van der Waals surface area contributed by atoms with Crippen LogP contribution < -0.4 is 10.6 Å². The van der Waals surface area contributed by atoms with Crippen molar-refractivity contribution < 1.29 is 9.53 Å². The van der Waals surface area contributed by atoms with Crippen molar-refractivity contribution in [3.8, 4) is 0 Å². The predicted octanol–water partition coefficient (Wildman–Crippen LogP) is 3.35. The second-order valence-electron chi connectivity index (χ2n) is 6.94. The molecule has 1 amide bonds. The van der Waals surface area contributed by atoms with E-state index in [1.807, 2.05) is 32.5 Å². The summed E-state index contributed by atoms with van der Waals surface area (Å²) in [5.74, 6) is 2.51. The van der Waals surface area contributed by atoms with Gasteiger partial charge in [0.1, 0.15) is 5.60 Å². The average molecular weight is 337 g/mol. The highest BCUT2D eigenvalue weighted by atomic mass is 32.2. The molecule has 1 aromatic carbocycles. The number of benzene rings is 1. The number of hydrogen-bond acceptors (Lipinski definition) is 4. The van der Waals surface area contributed by atoms with Gasteiger partial charge in [-0.2, -0.15) is 11.8 Å². The number of hydrogen-bond donors (Lipinski definition) is 2. The molecule has 1 heterocycles. The van der Waals surface area contributed by atoms with Crippen LogP contribution >= 0.6 is 11.8 Å². The van der Waals surface area contributed by atoms with E-state index in [0.29, 0.717) is 12.6 Å². The van der Waals surface area contributed by atoms with Crippen molar-refractivity contribution in [1.29, 1.82) is 0 Å². The molecule has 0 bridgehead atoms. The highest BCUT2D eigenvalue weighted by Gasteiger charge is 2.15. The minimum atomic E-state index is -0.448. The molecule has 1 unspecified atom stereocenters. The van der Waals surface area contributed by atoms with Gasteiger partial charge in [0.15, 0.2) is 0 Å². The molecule has 1 atom stereocenters. The SMILES string of the molecule is CC(C)(C)OC(=O)NCCc1ccc(CNC2CCSC2)cc1. The van der Waals surface area contributed by atoms with E-state index >= 15 is 0 Å². The molecule has 0 aromatic heterocycles. The summed E-state index contributed by atoms with van der Waals surface area (Å²) >= 11 is 2.03. The number of ether oxygens (including phenoxy) is 1. The van der Waals surface area contributed by atoms with Gasteiger partial charge in [-0.05, 0) is 50.5 Å². The van der Waals surface area contributed by atoms with Crippen molar-refractivity contribution in [2.45, 2.75) is 51.8 Å². The second kappa shape index (κ2) is 8.60. The summed E-state index contributed by atoms with van der Waals surface area (Å²) in [5.41, 5.74) is 2.09. The second-order valence-corrected chi connectivity index (χ2v) is 8.09. The van der Waals surface area contributed by atoms with Crippen LogP contribution in [0.1, 0.15) is 38.3 Å². The molecule has 1 saturated heterocycles. The Bertz CT molecular complexity index is 491. The Morgan fingerprint density at radius 3 is 2.57 bits per heavy atom. The molecule has 4 nitrogen and oxygen atoms in total. The summed E-state index contributed by atoms with van der Waals surface area (Å²) in [6.45, 7) is 7.12. The van der Waals surface area contributed by atoms with Gasteiger partial charge in [-0.3, -0.25) is 0 Å². The molecule has 0 saturated carbocycles. The van der Waals surface area contributed by atoms with E-state index in [1.165, 1.54) is 29.1 Å². The summed E-state index contributed by atoms with van der Waals surface area (Å²) in [6.07, 6.45) is 1.73. The van der Waals surface area contributed by atoms with Crippen LogP contribution in [0.25, 0.3) is 0 Å². The number of amides is 1. The van der Waals surface area contributed by atoms with Crippen molar-refractivity contribution in [3.05, 3.63) is 35.4 Å². The van der Waals surface area contributed by atoms with Crippen LogP contribution in [0.5, 0.6) is 0 Å². The van der Waals surface area contributed by atoms with E-state index in [-0.39, 0.29) is 6.09 Å². The summed E-state index contributed by atoms with van der Waals surface area (Å²) in [7, 11) is 0. The molecule has 1 aromatic rings. The van der Waals surface area contributed by atoms with Crippen molar-refractivity contribution in [3.63, 3.8) is 0 Å². The standard InChI is InChI=1S/C18H28N2O2S/c1-18(2,3)22-17(21)19-10-8-14-4-6-15(7-5-14)12-20-16-9-11-23-13-16/h4-7,16,20H,8-13H2,1-3H3,(H,19,21). The Morgan fingerprint density at radius 1 is 1.26 bits per heavy atom. The summed E-state index contributed by atoms with van der Waals surface area (Å²) in [6, 6.07) is 9.27. The number of nitrogens with one attached hydrogen (secondary N) is 2. The molecule has 1 aliphatic heterocycles. The third-order valence-electron chi connectivity index (χ3n) is 3.63. The van der Waals surface area contributed by atoms with Crippen LogP contribution in [0.15, 0.2) is 24.3 Å². The van der Waals surface area contributed by atoms with Crippen molar-refractivity contribution in [2.75, 3.05) is 18.1 Å². The average Bonchev–Trinajstić information content (AvgIpc) is 2.98. The van der Waals surface area contributed by atoms with Crippen molar-refractivity contribution in [2.24, 2.45) is 0 Å². The molecule has 1 fully saturated rings. The Morgan fingerprint density at radius 2 is 1.96 bits per heavy atom. The first-order valence-electron chi connectivity index (χ1n) is 8.28. The number of alkyl carbamates (subject to hydrolysis) is 1. The van der Waals surface area contributed by atoms with Gasteiger partial charge in [0.05, 0.1) is 0 Å². The Labute approximate surface area is 143 Å². The van der Waals surface area contributed by atoms with Crippen LogP contribution in [0.2, 0.25) is 0 Å². The molecule has 23 heavy (non-hydrogen) atoms. The van der Waals surface area contributed by atoms with Gasteiger partial charge in [0.25, 0.3) is 0 Å². The Balaban J connectivity index is 1.67. The first-order valence-corrected chi connectivity index (χ1v) is 9.44. The smallest absolute Gasteiger partial charge is 0.407 e. The lowest BCUT2D eigenvalue weighted by Crippen LogP contribution is -2.33. The van der Waals surface area contributed by atoms with Gasteiger partial charge < -0.3 is 15.4 Å². The predicted molar refractivity (Wildman–Crippen MR) is 97.0 cm³/mol. The van der Waals surface area contributed by atoms with Crippen LogP contribution in [0.3, 0.4) is 0 Å². The minimum Gasteiger partial charge on any atom is -0.444 e.